The SMILES string of the molecule is CC(C)(C)c1cnc(OS(=O)(=O)C(F)(F)F)nc1C(C)(C)C. The highest BCUT2D eigenvalue weighted by Crippen LogP contribution is 2.33. The summed E-state index contributed by atoms with van der Waals surface area (Å²) in [6.45, 7) is 11.1. The van der Waals surface area contributed by atoms with Gasteiger partial charge in [-0.2, -0.15) is 26.6 Å². The van der Waals surface area contributed by atoms with Crippen LogP contribution in [0.2, 0.25) is 0 Å². The van der Waals surface area contributed by atoms with E-state index in [1.807, 2.05) is 41.5 Å². The molecule has 0 aromatic carbocycles. The number of rotatable bonds is 2. The van der Waals surface area contributed by atoms with Crippen LogP contribution in [0.3, 0.4) is 0 Å². The van der Waals surface area contributed by atoms with Gasteiger partial charge in [-0.1, -0.05) is 41.5 Å². The first kappa shape index (κ1) is 18.7. The van der Waals surface area contributed by atoms with Crippen LogP contribution in [-0.4, -0.2) is 23.9 Å². The fourth-order valence-electron chi connectivity index (χ4n) is 1.67. The zero-order valence-corrected chi connectivity index (χ0v) is 14.1. The molecule has 1 rings (SSSR count). The van der Waals surface area contributed by atoms with Crippen molar-refractivity contribution in [3.05, 3.63) is 17.5 Å². The van der Waals surface area contributed by atoms with E-state index in [-0.39, 0.29) is 5.41 Å². The minimum absolute atomic E-state index is 0.357. The number of hydrogen-bond acceptors (Lipinski definition) is 5. The Bertz CT molecular complexity index is 657. The van der Waals surface area contributed by atoms with Crippen LogP contribution < -0.4 is 4.18 Å². The van der Waals surface area contributed by atoms with Crippen molar-refractivity contribution in [3.8, 4) is 6.01 Å². The van der Waals surface area contributed by atoms with Crippen LogP contribution in [0.15, 0.2) is 6.20 Å². The van der Waals surface area contributed by atoms with Crippen molar-refractivity contribution in [2.45, 2.75) is 57.9 Å². The van der Waals surface area contributed by atoms with E-state index in [9.17, 15) is 21.6 Å². The van der Waals surface area contributed by atoms with Crippen LogP contribution in [0, 0.1) is 0 Å². The van der Waals surface area contributed by atoms with E-state index < -0.39 is 27.1 Å². The molecule has 1 aromatic heterocycles. The largest absolute Gasteiger partial charge is 0.534 e. The quantitative estimate of drug-likeness (QED) is 0.610. The third-order valence-corrected chi connectivity index (χ3v) is 3.69. The molecule has 0 aliphatic rings. The topological polar surface area (TPSA) is 69.2 Å². The average molecular weight is 340 g/mol. The predicted octanol–water partition coefficient (Wildman–Crippen LogP) is 3.30. The van der Waals surface area contributed by atoms with E-state index in [1.165, 1.54) is 6.20 Å². The molecule has 1 heterocycles. The zero-order valence-electron chi connectivity index (χ0n) is 13.2. The normalized spacial score (nSPS) is 14.0. The Morgan fingerprint density at radius 1 is 1.00 bits per heavy atom. The van der Waals surface area contributed by atoms with Gasteiger partial charge in [0.1, 0.15) is 0 Å². The van der Waals surface area contributed by atoms with Gasteiger partial charge in [-0.3, -0.25) is 0 Å². The molecule has 0 atom stereocenters. The van der Waals surface area contributed by atoms with Crippen LogP contribution in [0.4, 0.5) is 13.2 Å². The van der Waals surface area contributed by atoms with Crippen LogP contribution in [-0.2, 0) is 20.9 Å². The fraction of sp³-hybridized carbons (Fsp3) is 0.692. The van der Waals surface area contributed by atoms with E-state index in [1.54, 1.807) is 0 Å². The maximum atomic E-state index is 12.4. The van der Waals surface area contributed by atoms with Gasteiger partial charge in [-0.25, -0.2) is 4.98 Å². The summed E-state index contributed by atoms with van der Waals surface area (Å²) in [4.78, 5) is 7.50. The molecule has 0 spiro atoms. The smallest absolute Gasteiger partial charge is 0.337 e. The molecule has 0 unspecified atom stereocenters. The van der Waals surface area contributed by atoms with E-state index in [0.717, 1.165) is 0 Å². The summed E-state index contributed by atoms with van der Waals surface area (Å²) in [6, 6.07) is -0.838. The molecule has 5 nitrogen and oxygen atoms in total. The molecule has 0 N–H and O–H groups in total. The van der Waals surface area contributed by atoms with E-state index in [0.29, 0.717) is 11.3 Å². The fourth-order valence-corrected chi connectivity index (χ4v) is 2.04. The average Bonchev–Trinajstić information content (AvgIpc) is 2.23. The predicted molar refractivity (Wildman–Crippen MR) is 75.0 cm³/mol. The molecular weight excluding hydrogens is 321 g/mol. The van der Waals surface area contributed by atoms with Gasteiger partial charge in [0.15, 0.2) is 0 Å². The van der Waals surface area contributed by atoms with Gasteiger partial charge in [0, 0.05) is 11.6 Å². The van der Waals surface area contributed by atoms with Gasteiger partial charge in [-0.15, -0.1) is 0 Å². The van der Waals surface area contributed by atoms with Gasteiger partial charge in [0.2, 0.25) is 0 Å². The minimum Gasteiger partial charge on any atom is -0.337 e. The summed E-state index contributed by atoms with van der Waals surface area (Å²) in [6.07, 6.45) is 1.30. The Kier molecular flexibility index (Phi) is 4.55. The summed E-state index contributed by atoms with van der Waals surface area (Å²) in [7, 11) is -5.79. The number of nitrogens with zero attached hydrogens (tertiary/aromatic N) is 2. The molecule has 0 radical (unpaired) electrons. The van der Waals surface area contributed by atoms with Crippen molar-refractivity contribution < 1.29 is 25.8 Å². The van der Waals surface area contributed by atoms with E-state index in [2.05, 4.69) is 14.2 Å². The molecule has 0 saturated heterocycles. The summed E-state index contributed by atoms with van der Waals surface area (Å²) in [5.41, 5.74) is -5.27. The van der Waals surface area contributed by atoms with Crippen LogP contribution in [0.25, 0.3) is 0 Å². The molecule has 1 aromatic rings. The van der Waals surface area contributed by atoms with Crippen molar-refractivity contribution in [2.24, 2.45) is 0 Å². The first-order valence-electron chi connectivity index (χ1n) is 6.44. The molecule has 22 heavy (non-hydrogen) atoms. The summed E-state index contributed by atoms with van der Waals surface area (Å²) in [5.74, 6) is 0. The second-order valence-electron chi connectivity index (χ2n) is 6.90. The van der Waals surface area contributed by atoms with E-state index >= 15 is 0 Å². The van der Waals surface area contributed by atoms with Crippen LogP contribution in [0.1, 0.15) is 52.8 Å². The first-order chi connectivity index (χ1) is 9.56. The first-order valence-corrected chi connectivity index (χ1v) is 7.85. The van der Waals surface area contributed by atoms with Gasteiger partial charge in [0.05, 0.1) is 5.69 Å². The molecule has 0 fully saturated rings. The van der Waals surface area contributed by atoms with Crippen molar-refractivity contribution in [2.75, 3.05) is 0 Å². The monoisotopic (exact) mass is 340 g/mol. The maximum Gasteiger partial charge on any atom is 0.534 e. The lowest BCUT2D eigenvalue weighted by atomic mass is 9.79. The summed E-state index contributed by atoms with van der Waals surface area (Å²) >= 11 is 0. The van der Waals surface area contributed by atoms with Gasteiger partial charge in [0.25, 0.3) is 0 Å². The highest BCUT2D eigenvalue weighted by molar-refractivity contribution is 7.87. The van der Waals surface area contributed by atoms with Crippen molar-refractivity contribution in [1.29, 1.82) is 0 Å². The molecule has 0 bridgehead atoms. The van der Waals surface area contributed by atoms with Crippen LogP contribution in [0.5, 0.6) is 6.01 Å². The lowest BCUT2D eigenvalue weighted by Gasteiger charge is -2.28. The van der Waals surface area contributed by atoms with Gasteiger partial charge < -0.3 is 4.18 Å². The third-order valence-electron chi connectivity index (χ3n) is 2.75. The molecule has 126 valence electrons. The lowest BCUT2D eigenvalue weighted by Crippen LogP contribution is -2.30. The minimum atomic E-state index is -5.79. The second kappa shape index (κ2) is 5.36. The maximum absolute atomic E-state index is 12.4. The molecule has 9 heteroatoms. The van der Waals surface area contributed by atoms with Gasteiger partial charge in [-0.05, 0) is 11.0 Å². The Hall–Kier alpha value is -1.38. The number of hydrogen-bond donors (Lipinski definition) is 0. The van der Waals surface area contributed by atoms with Crippen molar-refractivity contribution in [1.82, 2.24) is 9.97 Å². The number of aromatic nitrogens is 2. The van der Waals surface area contributed by atoms with E-state index in [4.69, 9.17) is 0 Å². The van der Waals surface area contributed by atoms with Crippen LogP contribution >= 0.6 is 0 Å². The van der Waals surface area contributed by atoms with Crippen molar-refractivity contribution in [3.63, 3.8) is 0 Å². The third kappa shape index (κ3) is 4.08. The molecular formula is C13H19F3N2O3S. The Labute approximate surface area is 128 Å². The molecule has 0 amide bonds. The number of alkyl halides is 3. The standard InChI is InChI=1S/C13H19F3N2O3S/c1-11(2,3)8-7-17-10(18-9(8)12(4,5)6)21-22(19,20)13(14,15)16/h7H,1-6H3. The Morgan fingerprint density at radius 3 is 1.86 bits per heavy atom. The molecule has 0 aliphatic carbocycles. The Balaban J connectivity index is 3.40. The van der Waals surface area contributed by atoms with Crippen molar-refractivity contribution >= 4 is 10.1 Å². The highest BCUT2D eigenvalue weighted by Gasteiger charge is 2.49. The molecule has 0 aliphatic heterocycles. The second-order valence-corrected chi connectivity index (χ2v) is 8.44. The summed E-state index contributed by atoms with van der Waals surface area (Å²) < 4.78 is 63.1. The highest BCUT2D eigenvalue weighted by atomic mass is 32.2. The summed E-state index contributed by atoms with van der Waals surface area (Å²) in [5, 5.41) is 0. The Morgan fingerprint density at radius 2 is 1.50 bits per heavy atom. The van der Waals surface area contributed by atoms with Gasteiger partial charge >= 0.3 is 21.6 Å². The molecule has 0 saturated carbocycles. The lowest BCUT2D eigenvalue weighted by molar-refractivity contribution is -0.0503. The number of halogens is 3. The zero-order chi connectivity index (χ0) is 17.6.